The van der Waals surface area contributed by atoms with Gasteiger partial charge in [-0.1, -0.05) is 6.07 Å². The molecule has 2 aromatic rings. The topological polar surface area (TPSA) is 101 Å². The summed E-state index contributed by atoms with van der Waals surface area (Å²) in [7, 11) is 0. The van der Waals surface area contributed by atoms with Gasteiger partial charge >= 0.3 is 11.7 Å². The Labute approximate surface area is 156 Å². The van der Waals surface area contributed by atoms with Gasteiger partial charge in [-0.3, -0.25) is 0 Å². The Hall–Kier alpha value is -3.13. The van der Waals surface area contributed by atoms with Crippen molar-refractivity contribution in [1.82, 2.24) is 9.55 Å². The normalized spacial score (nSPS) is 16.3. The van der Waals surface area contributed by atoms with Gasteiger partial charge in [0.05, 0.1) is 24.1 Å². The van der Waals surface area contributed by atoms with Crippen LogP contribution in [0.5, 0.6) is 11.6 Å². The molecule has 8 nitrogen and oxygen atoms in total. The van der Waals surface area contributed by atoms with E-state index in [4.69, 9.17) is 9.47 Å². The van der Waals surface area contributed by atoms with E-state index in [1.54, 1.807) is 13.8 Å². The maximum Gasteiger partial charge on any atom is 0.333 e. The lowest BCUT2D eigenvalue weighted by atomic mass is 9.96. The van der Waals surface area contributed by atoms with Gasteiger partial charge in [0.25, 0.3) is 0 Å². The molecular formula is C19H22N4O4. The lowest BCUT2D eigenvalue weighted by molar-refractivity contribution is -0.00793. The van der Waals surface area contributed by atoms with Crippen LogP contribution in [-0.4, -0.2) is 27.4 Å². The molecule has 0 saturated heterocycles. The number of hydrogen-bond acceptors (Lipinski definition) is 5. The standard InChI is InChI=1S/C19H22N4O4/c1-11(23-16(24)12(2)22-18(23)25)9-21-17(20-5)27-14-7-6-13-10-26-19(3,4)15(13)8-14/h6-9,24H,5,10H2,1-4H3,(H,22,25). The Morgan fingerprint density at radius 2 is 2.22 bits per heavy atom. The summed E-state index contributed by atoms with van der Waals surface area (Å²) < 4.78 is 12.6. The first-order valence-corrected chi connectivity index (χ1v) is 8.40. The number of fused-ring (bicyclic) bond motifs is 1. The number of amidine groups is 1. The van der Waals surface area contributed by atoms with Gasteiger partial charge in [0.2, 0.25) is 5.88 Å². The van der Waals surface area contributed by atoms with Crippen LogP contribution in [0.4, 0.5) is 0 Å². The molecule has 0 unspecified atom stereocenters. The molecule has 0 radical (unpaired) electrons. The van der Waals surface area contributed by atoms with Crippen molar-refractivity contribution < 1.29 is 14.6 Å². The molecule has 1 aliphatic heterocycles. The van der Waals surface area contributed by atoms with E-state index in [1.807, 2.05) is 32.0 Å². The molecule has 0 spiro atoms. The Morgan fingerprint density at radius 3 is 2.85 bits per heavy atom. The summed E-state index contributed by atoms with van der Waals surface area (Å²) in [6.45, 7) is 11.3. The van der Waals surface area contributed by atoms with Crippen LogP contribution in [0.1, 0.15) is 37.6 Å². The van der Waals surface area contributed by atoms with Gasteiger partial charge in [-0.2, -0.15) is 0 Å². The van der Waals surface area contributed by atoms with Gasteiger partial charge in [-0.25, -0.2) is 19.3 Å². The van der Waals surface area contributed by atoms with Crippen molar-refractivity contribution in [1.29, 1.82) is 0 Å². The number of aliphatic imine (C=N–C) groups is 2. The molecular weight excluding hydrogens is 348 g/mol. The number of imidazole rings is 1. The molecule has 27 heavy (non-hydrogen) atoms. The number of aryl methyl sites for hydroxylation is 1. The molecule has 0 saturated carbocycles. The van der Waals surface area contributed by atoms with Crippen LogP contribution in [0, 0.1) is 6.92 Å². The van der Waals surface area contributed by atoms with Crippen LogP contribution in [0.15, 0.2) is 39.2 Å². The van der Waals surface area contributed by atoms with Gasteiger partial charge in [-0.15, -0.1) is 0 Å². The molecule has 2 heterocycles. The predicted molar refractivity (Wildman–Crippen MR) is 103 cm³/mol. The average molecular weight is 370 g/mol. The fourth-order valence-corrected chi connectivity index (χ4v) is 2.92. The minimum Gasteiger partial charge on any atom is -0.493 e. The molecule has 1 aromatic carbocycles. The minimum absolute atomic E-state index is 0.0193. The number of hydrogen-bond donors (Lipinski definition) is 2. The van der Waals surface area contributed by atoms with Crippen LogP contribution in [-0.2, 0) is 16.9 Å². The van der Waals surface area contributed by atoms with E-state index >= 15 is 0 Å². The van der Waals surface area contributed by atoms with Crippen molar-refractivity contribution in [3.8, 4) is 11.6 Å². The van der Waals surface area contributed by atoms with Gasteiger partial charge in [0.1, 0.15) is 5.75 Å². The number of nitrogens with zero attached hydrogens (tertiary/aromatic N) is 3. The molecule has 0 fully saturated rings. The number of aromatic nitrogens is 2. The Balaban J connectivity index is 1.86. The van der Waals surface area contributed by atoms with Gasteiger partial charge in [0.15, 0.2) is 0 Å². The molecule has 1 aromatic heterocycles. The number of aromatic amines is 1. The molecule has 8 heteroatoms. The molecule has 1 aliphatic rings. The smallest absolute Gasteiger partial charge is 0.333 e. The van der Waals surface area contributed by atoms with Crippen LogP contribution < -0.4 is 10.4 Å². The zero-order valence-corrected chi connectivity index (χ0v) is 15.7. The number of benzene rings is 1. The van der Waals surface area contributed by atoms with Crippen LogP contribution in [0.2, 0.25) is 0 Å². The van der Waals surface area contributed by atoms with Crippen LogP contribution >= 0.6 is 0 Å². The zero-order chi connectivity index (χ0) is 19.8. The Bertz CT molecular complexity index is 1010. The summed E-state index contributed by atoms with van der Waals surface area (Å²) in [5.41, 5.74) is 2.10. The number of rotatable bonds is 3. The molecule has 0 bridgehead atoms. The summed E-state index contributed by atoms with van der Waals surface area (Å²) in [6.07, 6.45) is 1.37. The summed E-state index contributed by atoms with van der Waals surface area (Å²) in [6, 6.07) is 5.67. The van der Waals surface area contributed by atoms with E-state index in [0.717, 1.165) is 15.7 Å². The summed E-state index contributed by atoms with van der Waals surface area (Å²) in [5, 5.41) is 9.95. The third kappa shape index (κ3) is 3.56. The van der Waals surface area contributed by atoms with Gasteiger partial charge < -0.3 is 19.6 Å². The monoisotopic (exact) mass is 370 g/mol. The van der Waals surface area contributed by atoms with E-state index in [9.17, 15) is 9.90 Å². The fraction of sp³-hybridized carbons (Fsp3) is 0.316. The summed E-state index contributed by atoms with van der Waals surface area (Å²) in [4.78, 5) is 22.3. The number of H-pyrrole nitrogens is 1. The van der Waals surface area contributed by atoms with Gasteiger partial charge in [0, 0.05) is 5.70 Å². The molecule has 3 rings (SSSR count). The number of allylic oxidation sites excluding steroid dienone is 1. The highest BCUT2D eigenvalue weighted by Gasteiger charge is 2.31. The largest absolute Gasteiger partial charge is 0.493 e. The fourth-order valence-electron chi connectivity index (χ4n) is 2.92. The highest BCUT2D eigenvalue weighted by molar-refractivity contribution is 5.81. The predicted octanol–water partition coefficient (Wildman–Crippen LogP) is 2.91. The number of ether oxygens (including phenoxy) is 2. The van der Waals surface area contributed by atoms with Crippen molar-refractivity contribution in [3.63, 3.8) is 0 Å². The third-order valence-corrected chi connectivity index (χ3v) is 4.42. The minimum atomic E-state index is -0.455. The van der Waals surface area contributed by atoms with Crippen molar-refractivity contribution in [3.05, 3.63) is 51.7 Å². The van der Waals surface area contributed by atoms with Crippen molar-refractivity contribution >= 4 is 18.4 Å². The number of nitrogens with one attached hydrogen (secondary N) is 1. The maximum atomic E-state index is 11.9. The molecule has 0 amide bonds. The second-order valence-corrected chi connectivity index (χ2v) is 6.77. The quantitative estimate of drug-likeness (QED) is 0.641. The second-order valence-electron chi connectivity index (χ2n) is 6.77. The lowest BCUT2D eigenvalue weighted by Crippen LogP contribution is -2.15. The molecule has 142 valence electrons. The highest BCUT2D eigenvalue weighted by Crippen LogP contribution is 2.37. The SMILES string of the molecule is C=NC(=NC=C(C)n1c(O)c(C)[nH]c1=O)Oc1ccc2c(c1)C(C)(C)OC2. The first-order chi connectivity index (χ1) is 12.7. The lowest BCUT2D eigenvalue weighted by Gasteiger charge is -2.18. The highest BCUT2D eigenvalue weighted by atomic mass is 16.5. The van der Waals surface area contributed by atoms with E-state index in [0.29, 0.717) is 23.7 Å². The van der Waals surface area contributed by atoms with Crippen molar-refractivity contribution in [2.45, 2.75) is 39.9 Å². The molecule has 2 N–H and O–H groups in total. The van der Waals surface area contributed by atoms with E-state index < -0.39 is 5.69 Å². The average Bonchev–Trinajstić information content (AvgIpc) is 3.06. The Morgan fingerprint density at radius 1 is 1.48 bits per heavy atom. The van der Waals surface area contributed by atoms with Crippen molar-refractivity contribution in [2.75, 3.05) is 0 Å². The summed E-state index contributed by atoms with van der Waals surface area (Å²) in [5.74, 6) is 0.390. The van der Waals surface area contributed by atoms with Gasteiger partial charge in [-0.05, 0) is 57.7 Å². The zero-order valence-electron chi connectivity index (χ0n) is 15.7. The molecule has 0 atom stereocenters. The van der Waals surface area contributed by atoms with Crippen LogP contribution in [0.25, 0.3) is 5.70 Å². The van der Waals surface area contributed by atoms with Crippen molar-refractivity contribution in [2.24, 2.45) is 9.98 Å². The second kappa shape index (κ2) is 6.88. The van der Waals surface area contributed by atoms with E-state index in [1.165, 1.54) is 6.20 Å². The summed E-state index contributed by atoms with van der Waals surface area (Å²) >= 11 is 0. The first kappa shape index (κ1) is 18.7. The van der Waals surface area contributed by atoms with Crippen LogP contribution in [0.3, 0.4) is 0 Å². The van der Waals surface area contributed by atoms with E-state index in [-0.39, 0.29) is 17.5 Å². The first-order valence-electron chi connectivity index (χ1n) is 8.40. The third-order valence-electron chi connectivity index (χ3n) is 4.42. The maximum absolute atomic E-state index is 11.9. The Kier molecular flexibility index (Phi) is 4.75. The molecule has 0 aliphatic carbocycles. The number of aromatic hydroxyl groups is 1. The van der Waals surface area contributed by atoms with E-state index in [2.05, 4.69) is 21.7 Å².